The van der Waals surface area contributed by atoms with E-state index in [1.165, 1.54) is 6.07 Å². The third-order valence-electron chi connectivity index (χ3n) is 6.12. The molecule has 6 nitrogen and oxygen atoms in total. The first-order valence-electron chi connectivity index (χ1n) is 11.2. The second-order valence-corrected chi connectivity index (χ2v) is 8.85. The van der Waals surface area contributed by atoms with E-state index in [1.54, 1.807) is 42.5 Å². The van der Waals surface area contributed by atoms with Gasteiger partial charge in [0, 0.05) is 46.3 Å². The van der Waals surface area contributed by atoms with Crippen LogP contribution >= 0.6 is 11.6 Å². The van der Waals surface area contributed by atoms with Gasteiger partial charge in [0.2, 0.25) is 5.78 Å². The van der Waals surface area contributed by atoms with Gasteiger partial charge in [0.25, 0.3) is 0 Å². The summed E-state index contributed by atoms with van der Waals surface area (Å²) in [5, 5.41) is 0.512. The number of carbonyl (C=O) groups is 3. The zero-order chi connectivity index (χ0) is 24.2. The van der Waals surface area contributed by atoms with Crippen LogP contribution in [0.3, 0.4) is 0 Å². The quantitative estimate of drug-likeness (QED) is 0.327. The Kier molecular flexibility index (Phi) is 7.29. The first kappa shape index (κ1) is 23.9. The number of carbonyl (C=O) groups excluding carboxylic acids is 3. The average Bonchev–Trinajstić information content (AvgIpc) is 3.46. The number of aryl methyl sites for hydroxylation is 1. The molecule has 176 valence electrons. The molecule has 0 bridgehead atoms. The third kappa shape index (κ3) is 5.13. The first-order valence-corrected chi connectivity index (χ1v) is 11.6. The van der Waals surface area contributed by atoms with Crippen molar-refractivity contribution < 1.29 is 23.9 Å². The van der Waals surface area contributed by atoms with Crippen LogP contribution < -0.4 is 0 Å². The molecule has 1 aromatic heterocycles. The monoisotopic (exact) mass is 479 g/mol. The van der Waals surface area contributed by atoms with Gasteiger partial charge in [-0.25, -0.2) is 4.79 Å². The fourth-order valence-electron chi connectivity index (χ4n) is 4.26. The van der Waals surface area contributed by atoms with E-state index >= 15 is 0 Å². The molecule has 0 aliphatic carbocycles. The largest absolute Gasteiger partial charge is 0.454 e. The number of hydrogen-bond acceptors (Lipinski definition) is 5. The predicted molar refractivity (Wildman–Crippen MR) is 129 cm³/mol. The molecule has 4 rings (SSSR count). The van der Waals surface area contributed by atoms with Crippen LogP contribution in [-0.2, 0) is 16.0 Å². The first-order chi connectivity index (χ1) is 16.3. The fraction of sp³-hybridized carbons (Fsp3) is 0.296. The van der Waals surface area contributed by atoms with E-state index in [1.807, 2.05) is 19.9 Å². The number of nitrogens with zero attached hydrogens (tertiary/aromatic N) is 1. The summed E-state index contributed by atoms with van der Waals surface area (Å²) in [7, 11) is 0. The molecule has 1 unspecified atom stereocenters. The van der Waals surface area contributed by atoms with Gasteiger partial charge in [-0.05, 0) is 63.1 Å². The minimum Gasteiger partial charge on any atom is -0.454 e. The SMILES string of the molecule is Cc1cc(C(=O)COC(=O)c2ccccc2C(=O)c2ccc(Cl)cc2)c(C)n1CC1CCCO1. The molecule has 1 fully saturated rings. The summed E-state index contributed by atoms with van der Waals surface area (Å²) in [6, 6.07) is 14.7. The summed E-state index contributed by atoms with van der Waals surface area (Å²) in [4.78, 5) is 38.6. The van der Waals surface area contributed by atoms with Crippen molar-refractivity contribution in [2.75, 3.05) is 13.2 Å². The molecule has 1 atom stereocenters. The number of benzene rings is 2. The van der Waals surface area contributed by atoms with Gasteiger partial charge in [-0.15, -0.1) is 0 Å². The maximum atomic E-state index is 12.9. The van der Waals surface area contributed by atoms with Gasteiger partial charge < -0.3 is 14.0 Å². The van der Waals surface area contributed by atoms with Gasteiger partial charge in [-0.3, -0.25) is 9.59 Å². The van der Waals surface area contributed by atoms with Crippen molar-refractivity contribution in [3.05, 3.63) is 93.3 Å². The lowest BCUT2D eigenvalue weighted by Gasteiger charge is -2.14. The van der Waals surface area contributed by atoms with E-state index in [0.717, 1.165) is 30.8 Å². The molecule has 2 aromatic carbocycles. The number of aromatic nitrogens is 1. The Balaban J connectivity index is 1.46. The van der Waals surface area contributed by atoms with Gasteiger partial charge in [-0.2, -0.15) is 0 Å². The van der Waals surface area contributed by atoms with Gasteiger partial charge in [-0.1, -0.05) is 29.8 Å². The summed E-state index contributed by atoms with van der Waals surface area (Å²) in [6.45, 7) is 4.89. The molecule has 3 aromatic rings. The Hall–Kier alpha value is -3.22. The number of halogens is 1. The van der Waals surface area contributed by atoms with E-state index in [4.69, 9.17) is 21.1 Å². The lowest BCUT2D eigenvalue weighted by atomic mass is 9.98. The van der Waals surface area contributed by atoms with E-state index < -0.39 is 12.6 Å². The molecule has 0 saturated carbocycles. The van der Waals surface area contributed by atoms with E-state index in [9.17, 15) is 14.4 Å². The highest BCUT2D eigenvalue weighted by Crippen LogP contribution is 2.22. The highest BCUT2D eigenvalue weighted by molar-refractivity contribution is 6.30. The second kappa shape index (κ2) is 10.4. The van der Waals surface area contributed by atoms with Crippen LogP contribution in [0.4, 0.5) is 0 Å². The standard InChI is InChI=1S/C27H26ClNO5/c1-17-14-24(18(2)29(17)15-21-6-5-13-33-21)25(30)16-34-27(32)23-8-4-3-7-22(23)26(31)19-9-11-20(28)12-10-19/h3-4,7-12,14,21H,5-6,13,15-16H2,1-2H3. The molecule has 1 aliphatic heterocycles. The lowest BCUT2D eigenvalue weighted by Crippen LogP contribution is -2.19. The number of esters is 1. The molecular formula is C27H26ClNO5. The number of ketones is 2. The molecule has 0 spiro atoms. The number of hydrogen-bond donors (Lipinski definition) is 0. The Morgan fingerprint density at radius 1 is 1.03 bits per heavy atom. The van der Waals surface area contributed by atoms with E-state index in [0.29, 0.717) is 22.7 Å². The maximum Gasteiger partial charge on any atom is 0.339 e. The van der Waals surface area contributed by atoms with E-state index in [-0.39, 0.29) is 28.8 Å². The molecule has 2 heterocycles. The maximum absolute atomic E-state index is 12.9. The molecule has 0 N–H and O–H groups in total. The molecule has 1 aliphatic rings. The zero-order valence-electron chi connectivity index (χ0n) is 19.2. The van der Waals surface area contributed by atoms with Crippen LogP contribution in [0.2, 0.25) is 5.02 Å². The van der Waals surface area contributed by atoms with Crippen LogP contribution in [0.1, 0.15) is 60.9 Å². The minimum atomic E-state index is -0.723. The summed E-state index contributed by atoms with van der Waals surface area (Å²) < 4.78 is 13.1. The molecule has 34 heavy (non-hydrogen) atoms. The Morgan fingerprint density at radius 3 is 2.41 bits per heavy atom. The van der Waals surface area contributed by atoms with Crippen molar-refractivity contribution in [2.45, 2.75) is 39.3 Å². The highest BCUT2D eigenvalue weighted by Gasteiger charge is 2.23. The van der Waals surface area contributed by atoms with Crippen molar-refractivity contribution in [3.63, 3.8) is 0 Å². The summed E-state index contributed by atoms with van der Waals surface area (Å²) in [5.41, 5.74) is 3.03. The average molecular weight is 480 g/mol. The van der Waals surface area contributed by atoms with Gasteiger partial charge in [0.15, 0.2) is 12.4 Å². The molecule has 1 saturated heterocycles. The minimum absolute atomic E-state index is 0.110. The van der Waals surface area contributed by atoms with Gasteiger partial charge in [0.1, 0.15) is 0 Å². The Bertz CT molecular complexity index is 1220. The molecule has 7 heteroatoms. The van der Waals surface area contributed by atoms with Crippen LogP contribution in [0.15, 0.2) is 54.6 Å². The molecule has 0 radical (unpaired) electrons. The fourth-order valence-corrected chi connectivity index (χ4v) is 4.38. The smallest absolute Gasteiger partial charge is 0.339 e. The van der Waals surface area contributed by atoms with Gasteiger partial charge in [0.05, 0.1) is 11.7 Å². The van der Waals surface area contributed by atoms with Crippen molar-refractivity contribution in [3.8, 4) is 0 Å². The molecule has 0 amide bonds. The topological polar surface area (TPSA) is 74.6 Å². The Labute approximate surface area is 203 Å². The lowest BCUT2D eigenvalue weighted by molar-refractivity contribution is 0.0472. The van der Waals surface area contributed by atoms with Crippen LogP contribution in [0, 0.1) is 13.8 Å². The number of ether oxygens (including phenoxy) is 2. The van der Waals surface area contributed by atoms with Crippen molar-refractivity contribution >= 4 is 29.1 Å². The number of Topliss-reactive ketones (excluding diaryl/α,β-unsaturated/α-hetero) is 1. The van der Waals surface area contributed by atoms with Crippen LogP contribution in [0.5, 0.6) is 0 Å². The van der Waals surface area contributed by atoms with E-state index in [2.05, 4.69) is 4.57 Å². The van der Waals surface area contributed by atoms with Crippen LogP contribution in [0.25, 0.3) is 0 Å². The predicted octanol–water partition coefficient (Wildman–Crippen LogP) is 5.21. The summed E-state index contributed by atoms with van der Waals surface area (Å²) in [5.74, 6) is -1.34. The second-order valence-electron chi connectivity index (χ2n) is 8.41. The zero-order valence-corrected chi connectivity index (χ0v) is 19.9. The van der Waals surface area contributed by atoms with Crippen molar-refractivity contribution in [2.24, 2.45) is 0 Å². The summed E-state index contributed by atoms with van der Waals surface area (Å²) >= 11 is 5.90. The number of rotatable bonds is 8. The highest BCUT2D eigenvalue weighted by atomic mass is 35.5. The van der Waals surface area contributed by atoms with Gasteiger partial charge >= 0.3 is 5.97 Å². The Morgan fingerprint density at radius 2 is 1.74 bits per heavy atom. The summed E-state index contributed by atoms with van der Waals surface area (Å²) in [6.07, 6.45) is 2.21. The molecular weight excluding hydrogens is 454 g/mol. The van der Waals surface area contributed by atoms with Crippen molar-refractivity contribution in [1.82, 2.24) is 4.57 Å². The normalized spacial score (nSPS) is 15.3. The third-order valence-corrected chi connectivity index (χ3v) is 6.37. The van der Waals surface area contributed by atoms with Crippen molar-refractivity contribution in [1.29, 1.82) is 0 Å². The van der Waals surface area contributed by atoms with Crippen LogP contribution in [-0.4, -0.2) is 41.4 Å².